The molecule has 2 aromatic rings. The number of esters is 1. The van der Waals surface area contributed by atoms with Gasteiger partial charge in [-0.3, -0.25) is 9.59 Å². The molecule has 0 aliphatic heterocycles. The van der Waals surface area contributed by atoms with Crippen molar-refractivity contribution in [2.45, 2.75) is 12.8 Å². The van der Waals surface area contributed by atoms with Crippen LogP contribution in [0, 0.1) is 0 Å². The highest BCUT2D eigenvalue weighted by Crippen LogP contribution is 2.24. The van der Waals surface area contributed by atoms with Crippen molar-refractivity contribution in [3.8, 4) is 5.75 Å². The number of carbonyl (C=O) groups excluding carboxylic acids is 2. The summed E-state index contributed by atoms with van der Waals surface area (Å²) in [5.41, 5.74) is 1.24. The Bertz CT molecular complexity index is 717. The smallest absolute Gasteiger partial charge is 0.311 e. The van der Waals surface area contributed by atoms with Gasteiger partial charge in [0.05, 0.1) is 32.8 Å². The first-order valence-electron chi connectivity index (χ1n) is 6.65. The number of thiazole rings is 1. The molecule has 1 aromatic carbocycles. The van der Waals surface area contributed by atoms with E-state index in [4.69, 9.17) is 16.3 Å². The lowest BCUT2D eigenvalue weighted by atomic mass is 10.1. The van der Waals surface area contributed by atoms with E-state index in [0.717, 1.165) is 0 Å². The van der Waals surface area contributed by atoms with Crippen LogP contribution in [-0.2, 0) is 27.2 Å². The largest absolute Gasteiger partial charge is 0.496 e. The quantitative estimate of drug-likeness (QED) is 0.807. The average Bonchev–Trinajstić information content (AvgIpc) is 2.94. The number of aromatic nitrogens is 1. The molecule has 0 bridgehead atoms. The molecule has 1 aromatic heterocycles. The van der Waals surface area contributed by atoms with Crippen LogP contribution in [0.4, 0.5) is 5.13 Å². The maximum atomic E-state index is 12.1. The molecule has 0 fully saturated rings. The number of ether oxygens (including phenoxy) is 2. The number of amides is 1. The average molecular weight is 355 g/mol. The van der Waals surface area contributed by atoms with E-state index >= 15 is 0 Å². The van der Waals surface area contributed by atoms with Crippen LogP contribution in [0.25, 0.3) is 0 Å². The number of rotatable bonds is 6. The second kappa shape index (κ2) is 7.94. The molecule has 6 nitrogen and oxygen atoms in total. The zero-order valence-corrected chi connectivity index (χ0v) is 14.2. The first-order chi connectivity index (χ1) is 11.0. The van der Waals surface area contributed by atoms with Gasteiger partial charge in [0.2, 0.25) is 5.91 Å². The third-order valence-electron chi connectivity index (χ3n) is 2.94. The number of anilines is 1. The predicted molar refractivity (Wildman–Crippen MR) is 88.2 cm³/mol. The molecular formula is C15H15ClN2O4S. The third-order valence-corrected chi connectivity index (χ3v) is 3.99. The summed E-state index contributed by atoms with van der Waals surface area (Å²) in [5, 5.41) is 5.35. The van der Waals surface area contributed by atoms with Gasteiger partial charge in [0, 0.05) is 16.0 Å². The lowest BCUT2D eigenvalue weighted by Crippen LogP contribution is -2.15. The van der Waals surface area contributed by atoms with Gasteiger partial charge in [-0.05, 0) is 18.2 Å². The minimum Gasteiger partial charge on any atom is -0.496 e. The van der Waals surface area contributed by atoms with Crippen LogP contribution in [0.1, 0.15) is 11.3 Å². The molecule has 2 rings (SSSR count). The van der Waals surface area contributed by atoms with Crippen molar-refractivity contribution in [3.05, 3.63) is 39.9 Å². The number of benzene rings is 1. The lowest BCUT2D eigenvalue weighted by molar-refractivity contribution is -0.139. The SMILES string of the molecule is COC(=O)Cc1csc(NC(=O)Cc2cc(Cl)ccc2OC)n1. The van der Waals surface area contributed by atoms with E-state index in [1.807, 2.05) is 0 Å². The van der Waals surface area contributed by atoms with Crippen LogP contribution < -0.4 is 10.1 Å². The van der Waals surface area contributed by atoms with Crippen molar-refractivity contribution < 1.29 is 19.1 Å². The molecule has 1 heterocycles. The fourth-order valence-corrected chi connectivity index (χ4v) is 2.81. The van der Waals surface area contributed by atoms with E-state index in [9.17, 15) is 9.59 Å². The van der Waals surface area contributed by atoms with E-state index in [-0.39, 0.29) is 24.7 Å². The maximum absolute atomic E-state index is 12.1. The van der Waals surface area contributed by atoms with Crippen molar-refractivity contribution in [2.75, 3.05) is 19.5 Å². The molecule has 1 amide bonds. The number of hydrogen-bond acceptors (Lipinski definition) is 6. The summed E-state index contributed by atoms with van der Waals surface area (Å²) < 4.78 is 9.78. The van der Waals surface area contributed by atoms with Gasteiger partial charge < -0.3 is 14.8 Å². The first-order valence-corrected chi connectivity index (χ1v) is 7.91. The highest BCUT2D eigenvalue weighted by Gasteiger charge is 2.13. The Hall–Kier alpha value is -2.12. The second-order valence-electron chi connectivity index (χ2n) is 4.58. The number of carbonyl (C=O) groups is 2. The molecule has 0 saturated heterocycles. The zero-order chi connectivity index (χ0) is 16.8. The zero-order valence-electron chi connectivity index (χ0n) is 12.6. The summed E-state index contributed by atoms with van der Waals surface area (Å²) >= 11 is 7.19. The monoisotopic (exact) mass is 354 g/mol. The predicted octanol–water partition coefficient (Wildman–Crippen LogP) is 2.70. The Balaban J connectivity index is 2.00. The van der Waals surface area contributed by atoms with Crippen LogP contribution in [0.15, 0.2) is 23.6 Å². The van der Waals surface area contributed by atoms with Crippen LogP contribution in [0.5, 0.6) is 5.75 Å². The number of nitrogens with one attached hydrogen (secondary N) is 1. The maximum Gasteiger partial charge on any atom is 0.311 e. The highest BCUT2D eigenvalue weighted by atomic mass is 35.5. The Kier molecular flexibility index (Phi) is 5.95. The molecule has 23 heavy (non-hydrogen) atoms. The van der Waals surface area contributed by atoms with Crippen molar-refractivity contribution in [3.63, 3.8) is 0 Å². The van der Waals surface area contributed by atoms with Crippen molar-refractivity contribution in [1.82, 2.24) is 4.98 Å². The fourth-order valence-electron chi connectivity index (χ4n) is 1.89. The van der Waals surface area contributed by atoms with Gasteiger partial charge in [0.25, 0.3) is 0 Å². The highest BCUT2D eigenvalue weighted by molar-refractivity contribution is 7.13. The molecule has 0 saturated carbocycles. The van der Waals surface area contributed by atoms with Crippen LogP contribution in [0.3, 0.4) is 0 Å². The standard InChI is InChI=1S/C15H15ClN2O4S/c1-21-12-4-3-10(16)5-9(12)6-13(19)18-15-17-11(8-23-15)7-14(20)22-2/h3-5,8H,6-7H2,1-2H3,(H,17,18,19). The number of halogens is 1. The Morgan fingerprint density at radius 3 is 2.78 bits per heavy atom. The van der Waals surface area contributed by atoms with E-state index in [2.05, 4.69) is 15.0 Å². The molecule has 0 unspecified atom stereocenters. The topological polar surface area (TPSA) is 77.5 Å². The van der Waals surface area contributed by atoms with Gasteiger partial charge in [-0.25, -0.2) is 4.98 Å². The van der Waals surface area contributed by atoms with Crippen molar-refractivity contribution in [1.29, 1.82) is 0 Å². The molecule has 1 N–H and O–H groups in total. The summed E-state index contributed by atoms with van der Waals surface area (Å²) in [6.45, 7) is 0. The lowest BCUT2D eigenvalue weighted by Gasteiger charge is -2.08. The number of methoxy groups -OCH3 is 2. The van der Waals surface area contributed by atoms with Crippen LogP contribution in [-0.4, -0.2) is 31.1 Å². The minimum absolute atomic E-state index is 0.0744. The second-order valence-corrected chi connectivity index (χ2v) is 5.87. The summed E-state index contributed by atoms with van der Waals surface area (Å²) in [7, 11) is 2.85. The summed E-state index contributed by atoms with van der Waals surface area (Å²) in [6, 6.07) is 5.09. The molecular weight excluding hydrogens is 340 g/mol. The van der Waals surface area contributed by atoms with Crippen LogP contribution >= 0.6 is 22.9 Å². The molecule has 0 radical (unpaired) electrons. The summed E-state index contributed by atoms with van der Waals surface area (Å²) in [6.07, 6.45) is 0.181. The molecule has 122 valence electrons. The molecule has 0 aliphatic carbocycles. The van der Waals surface area contributed by atoms with E-state index < -0.39 is 0 Å². The van der Waals surface area contributed by atoms with Crippen molar-refractivity contribution >= 4 is 39.9 Å². The Morgan fingerprint density at radius 2 is 2.09 bits per heavy atom. The van der Waals surface area contributed by atoms with Crippen LogP contribution in [0.2, 0.25) is 5.02 Å². The van der Waals surface area contributed by atoms with E-state index in [0.29, 0.717) is 27.2 Å². The molecule has 8 heteroatoms. The van der Waals surface area contributed by atoms with Crippen molar-refractivity contribution in [2.24, 2.45) is 0 Å². The summed E-state index contributed by atoms with van der Waals surface area (Å²) in [5.74, 6) is -0.0311. The minimum atomic E-state index is -0.378. The molecule has 0 aliphatic rings. The fraction of sp³-hybridized carbons (Fsp3) is 0.267. The van der Waals surface area contributed by atoms with Gasteiger partial charge >= 0.3 is 5.97 Å². The van der Waals surface area contributed by atoms with Gasteiger partial charge in [-0.15, -0.1) is 11.3 Å². The third kappa shape index (κ3) is 4.94. The number of nitrogens with zero attached hydrogens (tertiary/aromatic N) is 1. The summed E-state index contributed by atoms with van der Waals surface area (Å²) in [4.78, 5) is 27.5. The van der Waals surface area contributed by atoms with Gasteiger partial charge in [0.1, 0.15) is 5.75 Å². The Labute approximate surface area is 142 Å². The number of hydrogen-bond donors (Lipinski definition) is 1. The van der Waals surface area contributed by atoms with E-state index in [1.54, 1.807) is 23.6 Å². The van der Waals surface area contributed by atoms with Gasteiger partial charge in [0.15, 0.2) is 5.13 Å². The Morgan fingerprint density at radius 1 is 1.30 bits per heavy atom. The van der Waals surface area contributed by atoms with Gasteiger partial charge in [-0.2, -0.15) is 0 Å². The molecule has 0 spiro atoms. The normalized spacial score (nSPS) is 10.2. The first kappa shape index (κ1) is 17.2. The molecule has 0 atom stereocenters. The van der Waals surface area contributed by atoms with Gasteiger partial charge in [-0.1, -0.05) is 11.6 Å². The van der Waals surface area contributed by atoms with E-state index in [1.165, 1.54) is 25.6 Å².